The fourth-order valence-corrected chi connectivity index (χ4v) is 3.90. The van der Waals surface area contributed by atoms with Crippen molar-refractivity contribution in [2.75, 3.05) is 7.05 Å². The van der Waals surface area contributed by atoms with Crippen molar-refractivity contribution in [1.29, 1.82) is 0 Å². The monoisotopic (exact) mass is 252 g/mol. The molecule has 1 aromatic heterocycles. The lowest BCUT2D eigenvalue weighted by Gasteiger charge is -2.38. The second kappa shape index (κ2) is 5.98. The SMILES string of the molecule is CCC(c1cccs1)N(C)C1CCC(N)CC1. The minimum Gasteiger partial charge on any atom is -0.328 e. The molecule has 0 radical (unpaired) electrons. The summed E-state index contributed by atoms with van der Waals surface area (Å²) < 4.78 is 0. The molecular weight excluding hydrogens is 228 g/mol. The highest BCUT2D eigenvalue weighted by Gasteiger charge is 2.27. The molecule has 96 valence electrons. The molecule has 1 aromatic rings. The van der Waals surface area contributed by atoms with Crippen molar-refractivity contribution in [2.24, 2.45) is 5.73 Å². The quantitative estimate of drug-likeness (QED) is 0.890. The minimum atomic E-state index is 0.446. The second-order valence-corrected chi connectivity index (χ2v) is 6.15. The van der Waals surface area contributed by atoms with E-state index in [1.165, 1.54) is 37.0 Å². The molecule has 3 heteroatoms. The first-order chi connectivity index (χ1) is 8.22. The molecule has 1 aliphatic rings. The molecule has 0 aliphatic heterocycles. The Labute approximate surface area is 109 Å². The number of hydrogen-bond acceptors (Lipinski definition) is 3. The first-order valence-corrected chi connectivity index (χ1v) is 7.61. The van der Waals surface area contributed by atoms with Gasteiger partial charge in [-0.15, -0.1) is 11.3 Å². The van der Waals surface area contributed by atoms with Crippen molar-refractivity contribution in [3.05, 3.63) is 22.4 Å². The van der Waals surface area contributed by atoms with Gasteiger partial charge in [-0.25, -0.2) is 0 Å². The summed E-state index contributed by atoms with van der Waals surface area (Å²) in [5.41, 5.74) is 5.98. The standard InChI is InChI=1S/C14H24N2S/c1-3-13(14-5-4-10-17-14)16(2)12-8-6-11(15)7-9-12/h4-5,10-13H,3,6-9,15H2,1-2H3. The molecule has 2 N–H and O–H groups in total. The maximum Gasteiger partial charge on any atom is 0.0438 e. The number of nitrogens with zero attached hydrogens (tertiary/aromatic N) is 1. The van der Waals surface area contributed by atoms with Gasteiger partial charge >= 0.3 is 0 Å². The molecule has 0 amide bonds. The van der Waals surface area contributed by atoms with E-state index in [4.69, 9.17) is 5.73 Å². The largest absolute Gasteiger partial charge is 0.328 e. The van der Waals surface area contributed by atoms with E-state index in [1.54, 1.807) is 0 Å². The van der Waals surface area contributed by atoms with Gasteiger partial charge < -0.3 is 5.73 Å². The van der Waals surface area contributed by atoms with Crippen LogP contribution in [0.5, 0.6) is 0 Å². The molecule has 0 aromatic carbocycles. The van der Waals surface area contributed by atoms with Gasteiger partial charge in [0.05, 0.1) is 0 Å². The van der Waals surface area contributed by atoms with Gasteiger partial charge in [-0.1, -0.05) is 13.0 Å². The minimum absolute atomic E-state index is 0.446. The second-order valence-electron chi connectivity index (χ2n) is 5.17. The molecule has 1 saturated carbocycles. The maximum absolute atomic E-state index is 5.98. The normalized spacial score (nSPS) is 27.3. The number of nitrogens with two attached hydrogens (primary N) is 1. The molecule has 1 unspecified atom stereocenters. The van der Waals surface area contributed by atoms with Crippen LogP contribution in [0.1, 0.15) is 49.9 Å². The lowest BCUT2D eigenvalue weighted by molar-refractivity contribution is 0.130. The van der Waals surface area contributed by atoms with Crippen LogP contribution in [0.25, 0.3) is 0 Å². The zero-order chi connectivity index (χ0) is 12.3. The predicted octanol–water partition coefficient (Wildman–Crippen LogP) is 3.40. The third kappa shape index (κ3) is 3.09. The van der Waals surface area contributed by atoms with E-state index in [1.807, 2.05) is 11.3 Å². The Balaban J connectivity index is 2.00. The summed E-state index contributed by atoms with van der Waals surface area (Å²) in [7, 11) is 2.29. The summed E-state index contributed by atoms with van der Waals surface area (Å²) in [4.78, 5) is 4.09. The van der Waals surface area contributed by atoms with Crippen molar-refractivity contribution in [1.82, 2.24) is 4.90 Å². The van der Waals surface area contributed by atoms with Crippen LogP contribution in [0.2, 0.25) is 0 Å². The molecule has 1 atom stereocenters. The van der Waals surface area contributed by atoms with Crippen LogP contribution in [-0.2, 0) is 0 Å². The van der Waals surface area contributed by atoms with Crippen molar-refractivity contribution in [2.45, 2.75) is 57.2 Å². The van der Waals surface area contributed by atoms with E-state index in [9.17, 15) is 0 Å². The topological polar surface area (TPSA) is 29.3 Å². The van der Waals surface area contributed by atoms with E-state index in [0.717, 1.165) is 6.04 Å². The number of hydrogen-bond donors (Lipinski definition) is 1. The first kappa shape index (κ1) is 13.1. The Bertz CT molecular complexity index is 315. The Hall–Kier alpha value is -0.380. The van der Waals surface area contributed by atoms with Gasteiger partial charge in [0.2, 0.25) is 0 Å². The van der Waals surface area contributed by atoms with E-state index >= 15 is 0 Å². The van der Waals surface area contributed by atoms with Crippen LogP contribution in [0.4, 0.5) is 0 Å². The molecule has 1 heterocycles. The molecule has 17 heavy (non-hydrogen) atoms. The molecule has 0 spiro atoms. The Morgan fingerprint density at radius 1 is 1.41 bits per heavy atom. The average molecular weight is 252 g/mol. The Morgan fingerprint density at radius 3 is 2.65 bits per heavy atom. The van der Waals surface area contributed by atoms with Crippen LogP contribution in [0.3, 0.4) is 0 Å². The van der Waals surface area contributed by atoms with E-state index in [2.05, 4.69) is 36.4 Å². The first-order valence-electron chi connectivity index (χ1n) is 6.73. The van der Waals surface area contributed by atoms with Gasteiger partial charge in [-0.3, -0.25) is 4.90 Å². The number of rotatable bonds is 4. The van der Waals surface area contributed by atoms with Crippen LogP contribution in [0.15, 0.2) is 17.5 Å². The summed E-state index contributed by atoms with van der Waals surface area (Å²) in [6.45, 7) is 2.29. The van der Waals surface area contributed by atoms with Gasteiger partial charge in [0.1, 0.15) is 0 Å². The average Bonchev–Trinajstić information content (AvgIpc) is 2.84. The molecule has 1 fully saturated rings. The highest BCUT2D eigenvalue weighted by molar-refractivity contribution is 7.10. The zero-order valence-electron chi connectivity index (χ0n) is 10.9. The molecule has 1 aliphatic carbocycles. The molecule has 0 saturated heterocycles. The van der Waals surface area contributed by atoms with Gasteiger partial charge in [-0.2, -0.15) is 0 Å². The molecule has 2 nitrogen and oxygen atoms in total. The summed E-state index contributed by atoms with van der Waals surface area (Å²) in [6.07, 6.45) is 6.10. The highest BCUT2D eigenvalue weighted by atomic mass is 32.1. The summed E-state index contributed by atoms with van der Waals surface area (Å²) in [6, 6.07) is 6.19. The summed E-state index contributed by atoms with van der Waals surface area (Å²) in [5.74, 6) is 0. The van der Waals surface area contributed by atoms with Crippen LogP contribution < -0.4 is 5.73 Å². The maximum atomic E-state index is 5.98. The van der Waals surface area contributed by atoms with Crippen LogP contribution >= 0.6 is 11.3 Å². The Morgan fingerprint density at radius 2 is 2.12 bits per heavy atom. The smallest absolute Gasteiger partial charge is 0.0438 e. The van der Waals surface area contributed by atoms with Crippen molar-refractivity contribution >= 4 is 11.3 Å². The van der Waals surface area contributed by atoms with E-state index < -0.39 is 0 Å². The van der Waals surface area contributed by atoms with Crippen LogP contribution in [0, 0.1) is 0 Å². The third-order valence-corrected chi connectivity index (χ3v) is 5.04. The van der Waals surface area contributed by atoms with E-state index in [0.29, 0.717) is 12.1 Å². The van der Waals surface area contributed by atoms with Crippen molar-refractivity contribution < 1.29 is 0 Å². The summed E-state index contributed by atoms with van der Waals surface area (Å²) >= 11 is 1.88. The van der Waals surface area contributed by atoms with Crippen LogP contribution in [-0.4, -0.2) is 24.0 Å². The lowest BCUT2D eigenvalue weighted by Crippen LogP contribution is -2.40. The van der Waals surface area contributed by atoms with E-state index in [-0.39, 0.29) is 0 Å². The van der Waals surface area contributed by atoms with Crippen molar-refractivity contribution in [3.8, 4) is 0 Å². The fourth-order valence-electron chi connectivity index (χ4n) is 2.93. The Kier molecular flexibility index (Phi) is 4.60. The van der Waals surface area contributed by atoms with Crippen molar-refractivity contribution in [3.63, 3.8) is 0 Å². The van der Waals surface area contributed by atoms with Gasteiger partial charge in [0.15, 0.2) is 0 Å². The van der Waals surface area contributed by atoms with Gasteiger partial charge in [0, 0.05) is 23.0 Å². The van der Waals surface area contributed by atoms with Gasteiger partial charge in [0.25, 0.3) is 0 Å². The zero-order valence-corrected chi connectivity index (χ0v) is 11.7. The molecule has 2 rings (SSSR count). The molecule has 0 bridgehead atoms. The molecular formula is C14H24N2S. The number of thiophene rings is 1. The highest BCUT2D eigenvalue weighted by Crippen LogP contribution is 2.32. The van der Waals surface area contributed by atoms with Gasteiger partial charge in [-0.05, 0) is 50.6 Å². The third-order valence-electron chi connectivity index (χ3n) is 4.07. The lowest BCUT2D eigenvalue weighted by atomic mass is 9.90. The fraction of sp³-hybridized carbons (Fsp3) is 0.714. The predicted molar refractivity (Wildman–Crippen MR) is 75.3 cm³/mol. The summed E-state index contributed by atoms with van der Waals surface area (Å²) in [5, 5.41) is 2.18.